The lowest BCUT2D eigenvalue weighted by atomic mass is 9.76. The Morgan fingerprint density at radius 1 is 1.46 bits per heavy atom. The van der Waals surface area contributed by atoms with Crippen LogP contribution < -0.4 is 5.73 Å². The van der Waals surface area contributed by atoms with Crippen molar-refractivity contribution in [1.29, 1.82) is 0 Å². The predicted molar refractivity (Wildman–Crippen MR) is 48.1 cm³/mol. The van der Waals surface area contributed by atoms with Crippen LogP contribution in [0, 0.1) is 11.8 Å². The van der Waals surface area contributed by atoms with Gasteiger partial charge in [-0.1, -0.05) is 12.8 Å². The number of hydrogen-bond acceptors (Lipinski definition) is 3. The minimum absolute atomic E-state index is 0.142. The Balaban J connectivity index is 2.61. The normalized spacial score (nSPS) is 31.2. The molecule has 3 atom stereocenters. The zero-order chi connectivity index (χ0) is 9.84. The zero-order valence-electron chi connectivity index (χ0n) is 7.65. The summed E-state index contributed by atoms with van der Waals surface area (Å²) in [4.78, 5) is 10.8. The Bertz CT molecular complexity index is 184. The number of aliphatic carboxylic acids is 1. The topological polar surface area (TPSA) is 83.5 Å². The molecule has 1 rings (SSSR count). The van der Waals surface area contributed by atoms with Crippen LogP contribution in [-0.4, -0.2) is 28.8 Å². The average molecular weight is 187 g/mol. The summed E-state index contributed by atoms with van der Waals surface area (Å²) in [5.41, 5.74) is 5.32. The van der Waals surface area contributed by atoms with Crippen LogP contribution in [0.3, 0.4) is 0 Å². The SMILES string of the molecule is NCC(O)[C@H]1CCCC[C@@H]1C(=O)O. The van der Waals surface area contributed by atoms with E-state index < -0.39 is 18.0 Å². The highest BCUT2D eigenvalue weighted by Crippen LogP contribution is 2.32. The van der Waals surface area contributed by atoms with Crippen LogP contribution >= 0.6 is 0 Å². The second kappa shape index (κ2) is 4.58. The number of aliphatic hydroxyl groups excluding tert-OH is 1. The number of carboxylic acid groups (broad SMARTS) is 1. The van der Waals surface area contributed by atoms with Crippen molar-refractivity contribution in [3.63, 3.8) is 0 Å². The zero-order valence-corrected chi connectivity index (χ0v) is 7.65. The standard InChI is InChI=1S/C9H17NO3/c10-5-8(11)6-3-1-2-4-7(6)9(12)13/h6-8,11H,1-5,10H2,(H,12,13)/t6-,7-,8?/m0/s1. The monoisotopic (exact) mass is 187 g/mol. The maximum atomic E-state index is 10.8. The van der Waals surface area contributed by atoms with E-state index in [1.807, 2.05) is 0 Å². The quantitative estimate of drug-likeness (QED) is 0.589. The lowest BCUT2D eigenvalue weighted by Crippen LogP contribution is -2.39. The molecule has 1 aliphatic rings. The van der Waals surface area contributed by atoms with E-state index in [9.17, 15) is 9.90 Å². The van der Waals surface area contributed by atoms with Gasteiger partial charge in [0.15, 0.2) is 0 Å². The Hall–Kier alpha value is -0.610. The van der Waals surface area contributed by atoms with Crippen LogP contribution in [0.1, 0.15) is 25.7 Å². The molecule has 4 nitrogen and oxygen atoms in total. The summed E-state index contributed by atoms with van der Waals surface area (Å²) in [7, 11) is 0. The molecule has 1 fully saturated rings. The minimum atomic E-state index is -0.794. The van der Waals surface area contributed by atoms with Gasteiger partial charge in [0.2, 0.25) is 0 Å². The molecule has 0 spiro atoms. The van der Waals surface area contributed by atoms with Crippen molar-refractivity contribution in [2.75, 3.05) is 6.54 Å². The summed E-state index contributed by atoms with van der Waals surface area (Å²) in [5.74, 6) is -1.33. The maximum absolute atomic E-state index is 10.8. The first kappa shape index (κ1) is 10.5. The van der Waals surface area contributed by atoms with E-state index in [1.165, 1.54) is 0 Å². The van der Waals surface area contributed by atoms with Gasteiger partial charge in [0.05, 0.1) is 12.0 Å². The van der Waals surface area contributed by atoms with Crippen LogP contribution in [0.4, 0.5) is 0 Å². The Morgan fingerprint density at radius 2 is 2.08 bits per heavy atom. The van der Waals surface area contributed by atoms with Gasteiger partial charge in [0, 0.05) is 6.54 Å². The molecule has 13 heavy (non-hydrogen) atoms. The third kappa shape index (κ3) is 2.42. The molecule has 0 bridgehead atoms. The summed E-state index contributed by atoms with van der Waals surface area (Å²) >= 11 is 0. The van der Waals surface area contributed by atoms with E-state index in [0.717, 1.165) is 19.3 Å². The van der Waals surface area contributed by atoms with Gasteiger partial charge in [0.25, 0.3) is 0 Å². The summed E-state index contributed by atoms with van der Waals surface area (Å²) in [6, 6.07) is 0. The van der Waals surface area contributed by atoms with Crippen molar-refractivity contribution in [3.05, 3.63) is 0 Å². The van der Waals surface area contributed by atoms with Gasteiger partial charge >= 0.3 is 5.97 Å². The molecule has 0 heterocycles. The first-order valence-electron chi connectivity index (χ1n) is 4.77. The van der Waals surface area contributed by atoms with Gasteiger partial charge in [-0.15, -0.1) is 0 Å². The van der Waals surface area contributed by atoms with Crippen LogP contribution in [-0.2, 0) is 4.79 Å². The number of carbonyl (C=O) groups is 1. The summed E-state index contributed by atoms with van der Waals surface area (Å²) in [6.07, 6.45) is 2.77. The Labute approximate surface area is 77.7 Å². The van der Waals surface area contributed by atoms with Crippen molar-refractivity contribution in [3.8, 4) is 0 Å². The van der Waals surface area contributed by atoms with Crippen LogP contribution in [0.5, 0.6) is 0 Å². The van der Waals surface area contributed by atoms with E-state index >= 15 is 0 Å². The van der Waals surface area contributed by atoms with Gasteiger partial charge in [-0.25, -0.2) is 0 Å². The van der Waals surface area contributed by atoms with E-state index in [1.54, 1.807) is 0 Å². The van der Waals surface area contributed by atoms with E-state index in [2.05, 4.69) is 0 Å². The lowest BCUT2D eigenvalue weighted by molar-refractivity contribution is -0.147. The molecule has 1 saturated carbocycles. The van der Waals surface area contributed by atoms with Crippen molar-refractivity contribution >= 4 is 5.97 Å². The fourth-order valence-corrected chi connectivity index (χ4v) is 2.10. The van der Waals surface area contributed by atoms with Gasteiger partial charge in [0.1, 0.15) is 0 Å². The first-order valence-corrected chi connectivity index (χ1v) is 4.77. The third-order valence-corrected chi connectivity index (χ3v) is 2.87. The molecule has 1 unspecified atom stereocenters. The molecule has 0 aromatic rings. The lowest BCUT2D eigenvalue weighted by Gasteiger charge is -2.31. The van der Waals surface area contributed by atoms with Gasteiger partial charge in [-0.2, -0.15) is 0 Å². The average Bonchev–Trinajstić information content (AvgIpc) is 2.16. The molecule has 0 amide bonds. The number of rotatable bonds is 3. The van der Waals surface area contributed by atoms with Crippen molar-refractivity contribution in [2.24, 2.45) is 17.6 Å². The number of hydrogen-bond donors (Lipinski definition) is 3. The third-order valence-electron chi connectivity index (χ3n) is 2.87. The van der Waals surface area contributed by atoms with Gasteiger partial charge in [-0.05, 0) is 18.8 Å². The minimum Gasteiger partial charge on any atom is -0.481 e. The van der Waals surface area contributed by atoms with Crippen LogP contribution in [0.15, 0.2) is 0 Å². The molecule has 0 aromatic heterocycles. The molecular formula is C9H17NO3. The summed E-state index contributed by atoms with van der Waals surface area (Å²) in [6.45, 7) is 0.161. The highest BCUT2D eigenvalue weighted by Gasteiger charge is 2.34. The number of nitrogens with two attached hydrogens (primary N) is 1. The fraction of sp³-hybridized carbons (Fsp3) is 0.889. The largest absolute Gasteiger partial charge is 0.481 e. The molecule has 1 aliphatic carbocycles. The summed E-state index contributed by atoms with van der Waals surface area (Å²) < 4.78 is 0. The van der Waals surface area contributed by atoms with E-state index in [4.69, 9.17) is 10.8 Å². The van der Waals surface area contributed by atoms with Crippen molar-refractivity contribution in [1.82, 2.24) is 0 Å². The highest BCUT2D eigenvalue weighted by atomic mass is 16.4. The van der Waals surface area contributed by atoms with E-state index in [0.29, 0.717) is 6.42 Å². The number of aliphatic hydroxyl groups is 1. The van der Waals surface area contributed by atoms with Crippen molar-refractivity contribution < 1.29 is 15.0 Å². The molecule has 0 aliphatic heterocycles. The molecular weight excluding hydrogens is 170 g/mol. The van der Waals surface area contributed by atoms with Crippen LogP contribution in [0.25, 0.3) is 0 Å². The number of carboxylic acids is 1. The molecule has 0 saturated heterocycles. The smallest absolute Gasteiger partial charge is 0.306 e. The van der Waals surface area contributed by atoms with Crippen molar-refractivity contribution in [2.45, 2.75) is 31.8 Å². The van der Waals surface area contributed by atoms with Gasteiger partial charge in [-0.3, -0.25) is 4.79 Å². The maximum Gasteiger partial charge on any atom is 0.306 e. The summed E-state index contributed by atoms with van der Waals surface area (Å²) in [5, 5.41) is 18.4. The molecule has 4 heteroatoms. The second-order valence-electron chi connectivity index (χ2n) is 3.70. The molecule has 4 N–H and O–H groups in total. The Morgan fingerprint density at radius 3 is 2.62 bits per heavy atom. The fourth-order valence-electron chi connectivity index (χ4n) is 2.10. The first-order chi connectivity index (χ1) is 6.16. The van der Waals surface area contributed by atoms with E-state index in [-0.39, 0.29) is 12.5 Å². The molecule has 0 aromatic carbocycles. The predicted octanol–water partition coefficient (Wildman–Crippen LogP) is 0.197. The molecule has 76 valence electrons. The highest BCUT2D eigenvalue weighted by molar-refractivity contribution is 5.70. The van der Waals surface area contributed by atoms with Gasteiger partial charge < -0.3 is 15.9 Å². The van der Waals surface area contributed by atoms with Crippen LogP contribution in [0.2, 0.25) is 0 Å². The molecule has 0 radical (unpaired) electrons. The second-order valence-corrected chi connectivity index (χ2v) is 3.70. The Kier molecular flexibility index (Phi) is 3.69.